The van der Waals surface area contributed by atoms with E-state index in [4.69, 9.17) is 14.6 Å². The molecule has 1 aromatic rings. The lowest BCUT2D eigenvalue weighted by Crippen LogP contribution is -2.36. The summed E-state index contributed by atoms with van der Waals surface area (Å²) in [4.78, 5) is 27.2. The minimum atomic E-state index is -0.449. The Morgan fingerprint density at radius 2 is 2.04 bits per heavy atom. The van der Waals surface area contributed by atoms with Crippen LogP contribution in [0.4, 0.5) is 11.4 Å². The van der Waals surface area contributed by atoms with E-state index < -0.39 is 11.8 Å². The predicted octanol–water partition coefficient (Wildman–Crippen LogP) is 0.189. The molecule has 1 saturated heterocycles. The molecule has 1 fully saturated rings. The third kappa shape index (κ3) is 3.59. The fraction of sp³-hybridized carbons (Fsp3) is 0.412. The number of aliphatic hydroxyl groups is 1. The van der Waals surface area contributed by atoms with Crippen molar-refractivity contribution in [3.8, 4) is 5.75 Å². The van der Waals surface area contributed by atoms with Crippen LogP contribution >= 0.6 is 0 Å². The van der Waals surface area contributed by atoms with Crippen LogP contribution in [0.15, 0.2) is 30.0 Å². The number of ether oxygens (including phenoxy) is 2. The van der Waals surface area contributed by atoms with E-state index in [2.05, 4.69) is 10.2 Å². The molecule has 0 aromatic heterocycles. The Bertz CT molecular complexity index is 698. The number of rotatable bonds is 6. The molecule has 2 aliphatic rings. The molecule has 2 heterocycles. The van der Waals surface area contributed by atoms with Crippen molar-refractivity contribution in [2.24, 2.45) is 0 Å². The van der Waals surface area contributed by atoms with E-state index in [1.807, 2.05) is 12.1 Å². The number of hydrogen-bond acceptors (Lipinski definition) is 7. The van der Waals surface area contributed by atoms with Gasteiger partial charge < -0.3 is 24.8 Å². The maximum Gasteiger partial charge on any atom is 0.277 e. The first kappa shape index (κ1) is 17.2. The highest BCUT2D eigenvalue weighted by Gasteiger charge is 2.30. The molecule has 0 spiro atoms. The van der Waals surface area contributed by atoms with Gasteiger partial charge in [-0.05, 0) is 12.1 Å². The van der Waals surface area contributed by atoms with Gasteiger partial charge in [0.1, 0.15) is 11.4 Å². The first-order valence-corrected chi connectivity index (χ1v) is 8.10. The largest absolute Gasteiger partial charge is 0.495 e. The number of methoxy groups -OCH3 is 1. The fourth-order valence-corrected chi connectivity index (χ4v) is 2.89. The van der Waals surface area contributed by atoms with Crippen molar-refractivity contribution in [2.75, 3.05) is 56.8 Å². The van der Waals surface area contributed by atoms with Gasteiger partial charge >= 0.3 is 0 Å². The van der Waals surface area contributed by atoms with E-state index >= 15 is 0 Å². The maximum atomic E-state index is 12.2. The van der Waals surface area contributed by atoms with Crippen molar-refractivity contribution < 1.29 is 24.2 Å². The van der Waals surface area contributed by atoms with Crippen molar-refractivity contribution in [3.63, 3.8) is 0 Å². The Balaban J connectivity index is 1.76. The number of morpholine rings is 1. The molecule has 0 bridgehead atoms. The Hall–Kier alpha value is -2.58. The van der Waals surface area contributed by atoms with Gasteiger partial charge in [0.15, 0.2) is 0 Å². The van der Waals surface area contributed by atoms with E-state index in [1.54, 1.807) is 13.2 Å². The van der Waals surface area contributed by atoms with E-state index in [0.717, 1.165) is 23.7 Å². The first-order chi connectivity index (χ1) is 12.1. The van der Waals surface area contributed by atoms with Crippen LogP contribution < -0.4 is 15.0 Å². The normalized spacial score (nSPS) is 17.8. The minimum absolute atomic E-state index is 0.0152. The number of β-amino-alcohol motifs (C(OH)–C–C–N with tert-alkyl or cyclic N) is 1. The number of anilines is 2. The average molecular weight is 347 g/mol. The smallest absolute Gasteiger partial charge is 0.277 e. The molecule has 0 saturated carbocycles. The van der Waals surface area contributed by atoms with Crippen molar-refractivity contribution >= 4 is 23.2 Å². The molecular formula is C17H21N3O5. The second kappa shape index (κ2) is 7.54. The number of benzene rings is 1. The lowest BCUT2D eigenvalue weighted by atomic mass is 10.2. The lowest BCUT2D eigenvalue weighted by molar-refractivity contribution is -0.137. The number of amides is 2. The Kier molecular flexibility index (Phi) is 5.20. The fourth-order valence-electron chi connectivity index (χ4n) is 2.89. The molecule has 8 heteroatoms. The number of carbonyl (C=O) groups is 2. The van der Waals surface area contributed by atoms with Gasteiger partial charge in [-0.2, -0.15) is 0 Å². The van der Waals surface area contributed by atoms with Gasteiger partial charge in [0.05, 0.1) is 39.2 Å². The van der Waals surface area contributed by atoms with Crippen LogP contribution in [0.5, 0.6) is 5.75 Å². The Morgan fingerprint density at radius 3 is 2.72 bits per heavy atom. The van der Waals surface area contributed by atoms with Gasteiger partial charge in [0.25, 0.3) is 11.8 Å². The van der Waals surface area contributed by atoms with Crippen LogP contribution in [-0.4, -0.2) is 68.4 Å². The van der Waals surface area contributed by atoms with Crippen LogP contribution in [0.1, 0.15) is 0 Å². The molecule has 134 valence electrons. The predicted molar refractivity (Wildman–Crippen MR) is 91.5 cm³/mol. The standard InChI is InChI=1S/C17H21N3O5/c1-24-15-10-12(2-3-14(15)19-5-8-25-9-6-19)18-13-11-16(22)20(4-7-21)17(13)23/h2-3,10-11,18,21H,4-9H2,1H3. The second-order valence-corrected chi connectivity index (χ2v) is 5.69. The summed E-state index contributed by atoms with van der Waals surface area (Å²) in [6.07, 6.45) is 1.24. The molecule has 2 amide bonds. The van der Waals surface area contributed by atoms with Crippen LogP contribution in [-0.2, 0) is 14.3 Å². The molecule has 0 aliphatic carbocycles. The SMILES string of the molecule is COc1cc(NC2=CC(=O)N(CCO)C2=O)ccc1N1CCOCC1. The first-order valence-electron chi connectivity index (χ1n) is 8.10. The van der Waals surface area contributed by atoms with E-state index in [-0.39, 0.29) is 18.8 Å². The van der Waals surface area contributed by atoms with Gasteiger partial charge in [-0.1, -0.05) is 0 Å². The molecule has 8 nitrogen and oxygen atoms in total. The number of carbonyl (C=O) groups excluding carboxylic acids is 2. The zero-order valence-corrected chi connectivity index (χ0v) is 14.0. The number of nitrogens with zero attached hydrogens (tertiary/aromatic N) is 2. The summed E-state index contributed by atoms with van der Waals surface area (Å²) in [5.74, 6) is -0.204. The molecule has 25 heavy (non-hydrogen) atoms. The molecule has 0 unspecified atom stereocenters. The van der Waals surface area contributed by atoms with E-state index in [1.165, 1.54) is 6.08 Å². The molecule has 3 rings (SSSR count). The van der Waals surface area contributed by atoms with Gasteiger partial charge in [-0.3, -0.25) is 14.5 Å². The highest BCUT2D eigenvalue weighted by molar-refractivity contribution is 6.17. The zero-order valence-electron chi connectivity index (χ0n) is 14.0. The average Bonchev–Trinajstić information content (AvgIpc) is 2.90. The van der Waals surface area contributed by atoms with Crippen molar-refractivity contribution in [1.29, 1.82) is 0 Å². The molecule has 2 N–H and O–H groups in total. The topological polar surface area (TPSA) is 91.3 Å². The zero-order chi connectivity index (χ0) is 17.8. The van der Waals surface area contributed by atoms with Gasteiger partial charge in [0, 0.05) is 30.9 Å². The van der Waals surface area contributed by atoms with Crippen molar-refractivity contribution in [3.05, 3.63) is 30.0 Å². The van der Waals surface area contributed by atoms with Crippen molar-refractivity contribution in [1.82, 2.24) is 4.90 Å². The Labute approximate surface area is 145 Å². The van der Waals surface area contributed by atoms with Gasteiger partial charge in [0.2, 0.25) is 0 Å². The summed E-state index contributed by atoms with van der Waals surface area (Å²) in [6, 6.07) is 5.54. The molecule has 1 aromatic carbocycles. The second-order valence-electron chi connectivity index (χ2n) is 5.69. The third-order valence-corrected chi connectivity index (χ3v) is 4.14. The molecular weight excluding hydrogens is 326 g/mol. The van der Waals surface area contributed by atoms with Crippen LogP contribution in [0.2, 0.25) is 0 Å². The summed E-state index contributed by atoms with van der Waals surface area (Å²) in [7, 11) is 1.59. The van der Waals surface area contributed by atoms with Crippen molar-refractivity contribution in [2.45, 2.75) is 0 Å². The number of nitrogens with one attached hydrogen (secondary N) is 1. The van der Waals surface area contributed by atoms with Gasteiger partial charge in [-0.25, -0.2) is 0 Å². The highest BCUT2D eigenvalue weighted by atomic mass is 16.5. The summed E-state index contributed by atoms with van der Waals surface area (Å²) in [5, 5.41) is 11.9. The summed E-state index contributed by atoms with van der Waals surface area (Å²) >= 11 is 0. The maximum absolute atomic E-state index is 12.2. The number of imide groups is 1. The lowest BCUT2D eigenvalue weighted by Gasteiger charge is -2.30. The van der Waals surface area contributed by atoms with Crippen LogP contribution in [0, 0.1) is 0 Å². The van der Waals surface area contributed by atoms with Crippen LogP contribution in [0.25, 0.3) is 0 Å². The minimum Gasteiger partial charge on any atom is -0.495 e. The van der Waals surface area contributed by atoms with Gasteiger partial charge in [-0.15, -0.1) is 0 Å². The number of aliphatic hydroxyl groups excluding tert-OH is 1. The molecule has 2 aliphatic heterocycles. The van der Waals surface area contributed by atoms with Crippen LogP contribution in [0.3, 0.4) is 0 Å². The molecule has 0 radical (unpaired) electrons. The third-order valence-electron chi connectivity index (χ3n) is 4.14. The summed E-state index contributed by atoms with van der Waals surface area (Å²) in [5.41, 5.74) is 1.78. The number of hydrogen-bond donors (Lipinski definition) is 2. The van der Waals surface area contributed by atoms with E-state index in [9.17, 15) is 9.59 Å². The Morgan fingerprint density at radius 1 is 1.28 bits per heavy atom. The quantitative estimate of drug-likeness (QED) is 0.710. The molecule has 0 atom stereocenters. The summed E-state index contributed by atoms with van der Waals surface area (Å²) in [6.45, 7) is 2.65. The highest BCUT2D eigenvalue weighted by Crippen LogP contribution is 2.32. The van der Waals surface area contributed by atoms with E-state index in [0.29, 0.717) is 24.7 Å². The summed E-state index contributed by atoms with van der Waals surface area (Å²) < 4.78 is 10.8. The monoisotopic (exact) mass is 347 g/mol.